The summed E-state index contributed by atoms with van der Waals surface area (Å²) < 4.78 is 0. The third kappa shape index (κ3) is 3.71. The molecule has 2 rings (SSSR count). The van der Waals surface area contributed by atoms with E-state index in [1.54, 1.807) is 6.07 Å². The Balaban J connectivity index is 2.07. The van der Waals surface area contributed by atoms with Gasteiger partial charge in [0, 0.05) is 18.8 Å². The van der Waals surface area contributed by atoms with Crippen LogP contribution in [0.4, 0.5) is 5.13 Å². The zero-order valence-corrected chi connectivity index (χ0v) is 12.1. The molecule has 0 aliphatic heterocycles. The van der Waals surface area contributed by atoms with Gasteiger partial charge in [0.1, 0.15) is 5.01 Å². The Hall–Kier alpha value is -1.53. The number of rotatable bonds is 4. The quantitative estimate of drug-likeness (QED) is 0.941. The Labute approximate surface area is 120 Å². The minimum atomic E-state index is -0.328. The van der Waals surface area contributed by atoms with Crippen molar-refractivity contribution >= 4 is 34.0 Å². The van der Waals surface area contributed by atoms with E-state index in [2.05, 4.69) is 34.3 Å². The Morgan fingerprint density at radius 3 is 2.95 bits per heavy atom. The minimum absolute atomic E-state index is 0.324. The molecule has 0 saturated carbocycles. The molecule has 2 heterocycles. The first-order valence-corrected chi connectivity index (χ1v) is 6.99. The fourth-order valence-corrected chi connectivity index (χ4v) is 2.58. The van der Waals surface area contributed by atoms with Crippen LogP contribution in [-0.2, 0) is 6.42 Å². The van der Waals surface area contributed by atoms with Gasteiger partial charge in [0.2, 0.25) is 5.13 Å². The number of halogens is 1. The molecule has 19 heavy (non-hydrogen) atoms. The van der Waals surface area contributed by atoms with Crippen LogP contribution in [0, 0.1) is 5.92 Å². The van der Waals surface area contributed by atoms with Crippen LogP contribution in [0.5, 0.6) is 0 Å². The molecule has 0 aliphatic rings. The molecule has 1 N–H and O–H groups in total. The third-order valence-corrected chi connectivity index (χ3v) is 3.47. The van der Waals surface area contributed by atoms with Crippen LogP contribution in [0.2, 0.25) is 5.02 Å². The van der Waals surface area contributed by atoms with Crippen molar-refractivity contribution in [1.29, 1.82) is 0 Å². The highest BCUT2D eigenvalue weighted by molar-refractivity contribution is 7.15. The molecule has 7 heteroatoms. The van der Waals surface area contributed by atoms with Crippen LogP contribution in [-0.4, -0.2) is 21.1 Å². The molecule has 2 aromatic heterocycles. The van der Waals surface area contributed by atoms with Crippen molar-refractivity contribution in [2.24, 2.45) is 5.92 Å². The van der Waals surface area contributed by atoms with Crippen molar-refractivity contribution in [2.45, 2.75) is 20.3 Å². The smallest absolute Gasteiger partial charge is 0.260 e. The SMILES string of the molecule is CC(C)Cc1nnc(NC(=O)c2cnccc2Cl)s1. The van der Waals surface area contributed by atoms with E-state index >= 15 is 0 Å². The van der Waals surface area contributed by atoms with Gasteiger partial charge in [-0.2, -0.15) is 0 Å². The van der Waals surface area contributed by atoms with Crippen LogP contribution in [0.15, 0.2) is 18.5 Å². The van der Waals surface area contributed by atoms with Crippen molar-refractivity contribution in [3.8, 4) is 0 Å². The highest BCUT2D eigenvalue weighted by atomic mass is 35.5. The highest BCUT2D eigenvalue weighted by Gasteiger charge is 2.13. The van der Waals surface area contributed by atoms with Crippen molar-refractivity contribution in [2.75, 3.05) is 5.32 Å². The van der Waals surface area contributed by atoms with Crippen molar-refractivity contribution in [3.63, 3.8) is 0 Å². The number of hydrogen-bond donors (Lipinski definition) is 1. The van der Waals surface area contributed by atoms with E-state index < -0.39 is 0 Å². The second-order valence-electron chi connectivity index (χ2n) is 4.41. The van der Waals surface area contributed by atoms with Crippen LogP contribution >= 0.6 is 22.9 Å². The van der Waals surface area contributed by atoms with Gasteiger partial charge in [-0.1, -0.05) is 36.8 Å². The lowest BCUT2D eigenvalue weighted by atomic mass is 10.1. The van der Waals surface area contributed by atoms with Crippen LogP contribution in [0.1, 0.15) is 29.2 Å². The number of pyridine rings is 1. The van der Waals surface area contributed by atoms with Gasteiger partial charge in [0.15, 0.2) is 0 Å². The van der Waals surface area contributed by atoms with E-state index in [1.807, 2.05) is 0 Å². The Morgan fingerprint density at radius 1 is 1.47 bits per heavy atom. The summed E-state index contributed by atoms with van der Waals surface area (Å²) >= 11 is 7.30. The number of nitrogens with one attached hydrogen (secondary N) is 1. The molecule has 0 atom stereocenters. The molecule has 100 valence electrons. The summed E-state index contributed by atoms with van der Waals surface area (Å²) in [6, 6.07) is 1.57. The summed E-state index contributed by atoms with van der Waals surface area (Å²) in [6.45, 7) is 4.21. The van der Waals surface area contributed by atoms with Crippen molar-refractivity contribution in [3.05, 3.63) is 34.1 Å². The second kappa shape index (κ2) is 6.08. The van der Waals surface area contributed by atoms with Gasteiger partial charge in [0.05, 0.1) is 10.6 Å². The fourth-order valence-electron chi connectivity index (χ4n) is 1.44. The molecular formula is C12H13ClN4OS. The number of carbonyl (C=O) groups is 1. The van der Waals surface area contributed by atoms with Gasteiger partial charge in [-0.3, -0.25) is 15.1 Å². The van der Waals surface area contributed by atoms with E-state index in [9.17, 15) is 4.79 Å². The first-order valence-electron chi connectivity index (χ1n) is 5.79. The summed E-state index contributed by atoms with van der Waals surface area (Å²) in [5, 5.41) is 12.4. The maximum Gasteiger partial charge on any atom is 0.260 e. The molecule has 0 bridgehead atoms. The van der Waals surface area contributed by atoms with Crippen LogP contribution in [0.25, 0.3) is 0 Å². The number of hydrogen-bond acceptors (Lipinski definition) is 5. The van der Waals surface area contributed by atoms with Gasteiger partial charge in [-0.05, 0) is 12.0 Å². The largest absolute Gasteiger partial charge is 0.296 e. The number of anilines is 1. The molecule has 0 fully saturated rings. The van der Waals surface area contributed by atoms with E-state index in [-0.39, 0.29) is 5.91 Å². The monoisotopic (exact) mass is 296 g/mol. The van der Waals surface area contributed by atoms with Gasteiger partial charge >= 0.3 is 0 Å². The number of carbonyl (C=O) groups excluding carboxylic acids is 1. The fraction of sp³-hybridized carbons (Fsp3) is 0.333. The molecular weight excluding hydrogens is 284 g/mol. The maximum absolute atomic E-state index is 12.0. The van der Waals surface area contributed by atoms with E-state index in [0.29, 0.717) is 21.6 Å². The topological polar surface area (TPSA) is 67.8 Å². The average Bonchev–Trinajstić information content (AvgIpc) is 2.76. The Morgan fingerprint density at radius 2 is 2.26 bits per heavy atom. The molecule has 0 spiro atoms. The zero-order chi connectivity index (χ0) is 13.8. The summed E-state index contributed by atoms with van der Waals surface area (Å²) in [5.41, 5.74) is 0.324. The summed E-state index contributed by atoms with van der Waals surface area (Å²) in [6.07, 6.45) is 3.81. The van der Waals surface area contributed by atoms with Gasteiger partial charge < -0.3 is 0 Å². The van der Waals surface area contributed by atoms with Gasteiger partial charge in [0.25, 0.3) is 5.91 Å². The minimum Gasteiger partial charge on any atom is -0.296 e. The first-order chi connectivity index (χ1) is 9.06. The molecule has 1 amide bonds. The number of amides is 1. The third-order valence-electron chi connectivity index (χ3n) is 2.28. The second-order valence-corrected chi connectivity index (χ2v) is 5.88. The van der Waals surface area contributed by atoms with Gasteiger partial charge in [-0.15, -0.1) is 10.2 Å². The predicted molar refractivity (Wildman–Crippen MR) is 75.7 cm³/mol. The molecule has 0 aliphatic carbocycles. The predicted octanol–water partition coefficient (Wildman–Crippen LogP) is 3.04. The standard InChI is InChI=1S/C12H13ClN4OS/c1-7(2)5-10-16-17-12(19-10)15-11(18)8-6-14-4-3-9(8)13/h3-4,6-7H,5H2,1-2H3,(H,15,17,18). The lowest BCUT2D eigenvalue weighted by molar-refractivity contribution is 0.102. The molecule has 2 aromatic rings. The molecule has 0 saturated heterocycles. The number of aromatic nitrogens is 3. The summed E-state index contributed by atoms with van der Waals surface area (Å²) in [7, 11) is 0. The lowest BCUT2D eigenvalue weighted by Gasteiger charge is -2.02. The number of nitrogens with zero attached hydrogens (tertiary/aromatic N) is 3. The highest BCUT2D eigenvalue weighted by Crippen LogP contribution is 2.20. The van der Waals surface area contributed by atoms with Gasteiger partial charge in [-0.25, -0.2) is 0 Å². The van der Waals surface area contributed by atoms with E-state index in [0.717, 1.165) is 11.4 Å². The molecule has 5 nitrogen and oxygen atoms in total. The normalized spacial score (nSPS) is 10.7. The van der Waals surface area contributed by atoms with E-state index in [4.69, 9.17) is 11.6 Å². The molecule has 0 unspecified atom stereocenters. The molecule has 0 aromatic carbocycles. The lowest BCUT2D eigenvalue weighted by Crippen LogP contribution is -2.12. The van der Waals surface area contributed by atoms with Crippen molar-refractivity contribution in [1.82, 2.24) is 15.2 Å². The van der Waals surface area contributed by atoms with Crippen molar-refractivity contribution < 1.29 is 4.79 Å². The van der Waals surface area contributed by atoms with Crippen LogP contribution < -0.4 is 5.32 Å². The maximum atomic E-state index is 12.0. The van der Waals surface area contributed by atoms with Crippen LogP contribution in [0.3, 0.4) is 0 Å². The first kappa shape index (κ1) is 13.9. The average molecular weight is 297 g/mol. The Kier molecular flexibility index (Phi) is 4.44. The van der Waals surface area contributed by atoms with E-state index in [1.165, 1.54) is 23.7 Å². The Bertz CT molecular complexity index is 585. The zero-order valence-electron chi connectivity index (χ0n) is 10.6. The summed E-state index contributed by atoms with van der Waals surface area (Å²) in [5.74, 6) is 0.176. The summed E-state index contributed by atoms with van der Waals surface area (Å²) in [4.78, 5) is 15.8. The molecule has 0 radical (unpaired) electrons.